The average molecular weight is 704 g/mol. The molecule has 0 saturated heterocycles. The number of carbonyl (C=O) groups is 3. The first-order valence-electron chi connectivity index (χ1n) is 6.99. The van der Waals surface area contributed by atoms with E-state index in [2.05, 4.69) is 5.32 Å². The molecule has 0 aliphatic heterocycles. The number of nitrogens with one attached hydrogen (secondary N) is 1. The number of aliphatic hydroxyl groups is 2. The molecule has 9 nitrogen and oxygen atoms in total. The van der Waals surface area contributed by atoms with Gasteiger partial charge in [-0.15, -0.1) is 0 Å². The summed E-state index contributed by atoms with van der Waals surface area (Å²) in [5.74, 6) is -2.65. The largest absolute Gasteiger partial charge is 0.479 e. The zero-order valence-corrected chi connectivity index (χ0v) is 19.7. The molecule has 1 aromatic rings. The van der Waals surface area contributed by atoms with Gasteiger partial charge in [0, 0.05) is 3.57 Å². The van der Waals surface area contributed by atoms with E-state index < -0.39 is 43.1 Å². The Morgan fingerprint density at radius 2 is 1.58 bits per heavy atom. The van der Waals surface area contributed by atoms with Crippen LogP contribution in [0, 0.1) is 10.7 Å². The summed E-state index contributed by atoms with van der Waals surface area (Å²) in [5.41, 5.74) is 5.48. The number of primary amides is 1. The molecule has 12 heteroatoms. The summed E-state index contributed by atoms with van der Waals surface area (Å²) >= 11 is 5.40. The summed E-state index contributed by atoms with van der Waals surface area (Å²) in [5, 5.41) is 29.8. The maximum atomic E-state index is 12.6. The molecule has 1 aromatic carbocycles. The molecule has 26 heavy (non-hydrogen) atoms. The van der Waals surface area contributed by atoms with Crippen molar-refractivity contribution >= 4 is 85.6 Å². The third-order valence-corrected chi connectivity index (χ3v) is 6.31. The SMILES string of the molecule is CC(Oc1c(I)c(C(N)=O)c(I)c(C(=O)NC(CO)CO)c1I)C(=O)O. The van der Waals surface area contributed by atoms with Crippen molar-refractivity contribution in [2.45, 2.75) is 19.1 Å². The van der Waals surface area contributed by atoms with Crippen LogP contribution in [-0.2, 0) is 4.79 Å². The fourth-order valence-electron chi connectivity index (χ4n) is 1.79. The number of rotatable bonds is 8. The molecule has 2 amide bonds. The van der Waals surface area contributed by atoms with E-state index >= 15 is 0 Å². The van der Waals surface area contributed by atoms with Crippen molar-refractivity contribution in [1.29, 1.82) is 0 Å². The maximum absolute atomic E-state index is 12.6. The highest BCUT2D eigenvalue weighted by atomic mass is 127. The normalized spacial score (nSPS) is 12.0. The number of benzene rings is 1. The van der Waals surface area contributed by atoms with Crippen LogP contribution in [-0.4, -0.2) is 58.5 Å². The Labute approximate surface area is 189 Å². The van der Waals surface area contributed by atoms with Gasteiger partial charge in [-0.1, -0.05) is 0 Å². The molecule has 0 aliphatic carbocycles. The lowest BCUT2D eigenvalue weighted by Crippen LogP contribution is -2.41. The molecule has 0 spiro atoms. The number of carbonyl (C=O) groups excluding carboxylic acids is 2. The van der Waals surface area contributed by atoms with E-state index in [1.165, 1.54) is 6.92 Å². The van der Waals surface area contributed by atoms with Crippen molar-refractivity contribution < 1.29 is 34.4 Å². The fraction of sp³-hybridized carbons (Fsp3) is 0.357. The van der Waals surface area contributed by atoms with Gasteiger partial charge in [0.2, 0.25) is 0 Å². The van der Waals surface area contributed by atoms with Crippen LogP contribution in [0.25, 0.3) is 0 Å². The number of carboxylic acids is 1. The summed E-state index contributed by atoms with van der Waals surface area (Å²) in [6.07, 6.45) is -1.23. The van der Waals surface area contributed by atoms with Gasteiger partial charge >= 0.3 is 5.97 Å². The Bertz CT molecular complexity index is 738. The van der Waals surface area contributed by atoms with E-state index in [4.69, 9.17) is 25.8 Å². The minimum atomic E-state index is -1.23. The molecule has 0 aromatic heterocycles. The lowest BCUT2D eigenvalue weighted by molar-refractivity contribution is -0.144. The molecule has 0 saturated carbocycles. The van der Waals surface area contributed by atoms with E-state index in [0.717, 1.165) is 0 Å². The van der Waals surface area contributed by atoms with Crippen LogP contribution in [0.5, 0.6) is 5.75 Å². The van der Waals surface area contributed by atoms with Gasteiger partial charge in [-0.2, -0.15) is 0 Å². The van der Waals surface area contributed by atoms with Crippen LogP contribution < -0.4 is 15.8 Å². The molecule has 6 N–H and O–H groups in total. The highest BCUT2D eigenvalue weighted by molar-refractivity contribution is 14.1. The number of halogens is 3. The lowest BCUT2D eigenvalue weighted by Gasteiger charge is -2.21. The molecule has 0 fully saturated rings. The summed E-state index contributed by atoms with van der Waals surface area (Å²) in [6.45, 7) is 0.341. The van der Waals surface area contributed by atoms with Crippen molar-refractivity contribution in [3.05, 3.63) is 21.8 Å². The number of aliphatic carboxylic acids is 1. The van der Waals surface area contributed by atoms with Gasteiger partial charge in [-0.25, -0.2) is 4.79 Å². The van der Waals surface area contributed by atoms with Gasteiger partial charge in [0.25, 0.3) is 11.8 Å². The molecule has 1 unspecified atom stereocenters. The molecule has 1 rings (SSSR count). The smallest absolute Gasteiger partial charge is 0.344 e. The average Bonchev–Trinajstić information content (AvgIpc) is 2.55. The fourth-order valence-corrected chi connectivity index (χ4v) is 6.24. The van der Waals surface area contributed by atoms with E-state index in [1.54, 1.807) is 45.2 Å². The zero-order chi connectivity index (χ0) is 20.2. The Morgan fingerprint density at radius 1 is 1.08 bits per heavy atom. The third-order valence-electron chi connectivity index (χ3n) is 3.17. The number of amides is 2. The predicted octanol–water partition coefficient (Wildman–Crippen LogP) is 0.534. The van der Waals surface area contributed by atoms with Gasteiger partial charge in [0.1, 0.15) is 5.75 Å². The second-order valence-electron chi connectivity index (χ2n) is 5.02. The zero-order valence-electron chi connectivity index (χ0n) is 13.3. The molecule has 0 aliphatic rings. The first kappa shape index (κ1) is 23.6. The number of hydrogen-bond donors (Lipinski definition) is 5. The Kier molecular flexibility index (Phi) is 9.24. The number of nitrogens with two attached hydrogens (primary N) is 1. The van der Waals surface area contributed by atoms with Crippen LogP contribution in [0.15, 0.2) is 0 Å². The number of ether oxygens (including phenoxy) is 1. The molecule has 0 heterocycles. The van der Waals surface area contributed by atoms with Crippen molar-refractivity contribution in [3.63, 3.8) is 0 Å². The van der Waals surface area contributed by atoms with Crippen molar-refractivity contribution in [2.24, 2.45) is 5.73 Å². The third kappa shape index (κ3) is 5.29. The van der Waals surface area contributed by atoms with Crippen LogP contribution in [0.1, 0.15) is 27.6 Å². The van der Waals surface area contributed by atoms with Gasteiger partial charge in [-0.05, 0) is 74.7 Å². The summed E-state index contributed by atoms with van der Waals surface area (Å²) in [7, 11) is 0. The van der Waals surface area contributed by atoms with Gasteiger partial charge in [0.15, 0.2) is 6.10 Å². The van der Waals surface area contributed by atoms with Crippen molar-refractivity contribution in [2.75, 3.05) is 13.2 Å². The second kappa shape index (κ2) is 10.2. The first-order chi connectivity index (χ1) is 12.1. The molecule has 0 bridgehead atoms. The number of carboxylic acid groups (broad SMARTS) is 1. The number of aliphatic hydroxyl groups excluding tert-OH is 2. The van der Waals surface area contributed by atoms with Gasteiger partial charge in [-0.3, -0.25) is 9.59 Å². The predicted molar refractivity (Wildman–Crippen MR) is 116 cm³/mol. The highest BCUT2D eigenvalue weighted by Crippen LogP contribution is 2.37. The van der Waals surface area contributed by atoms with Crippen molar-refractivity contribution in [3.8, 4) is 5.75 Å². The van der Waals surface area contributed by atoms with Crippen LogP contribution in [0.4, 0.5) is 0 Å². The highest BCUT2D eigenvalue weighted by Gasteiger charge is 2.30. The first-order valence-corrected chi connectivity index (χ1v) is 10.2. The minimum Gasteiger partial charge on any atom is -0.479 e. The summed E-state index contributed by atoms with van der Waals surface area (Å²) < 4.78 is 6.25. The minimum absolute atomic E-state index is 0.0221. The van der Waals surface area contributed by atoms with E-state index in [0.29, 0.717) is 0 Å². The van der Waals surface area contributed by atoms with Crippen LogP contribution in [0.3, 0.4) is 0 Å². The van der Waals surface area contributed by atoms with Gasteiger partial charge in [0.05, 0.1) is 37.5 Å². The molecule has 1 atom stereocenters. The Balaban J connectivity index is 3.59. The molecule has 0 radical (unpaired) electrons. The summed E-state index contributed by atoms with van der Waals surface area (Å²) in [4.78, 5) is 35.6. The van der Waals surface area contributed by atoms with Crippen LogP contribution >= 0.6 is 67.8 Å². The Hall–Kier alpha value is -0.460. The Morgan fingerprint density at radius 3 is 2.00 bits per heavy atom. The molecular formula is C14H15I3N2O7. The molecule has 144 valence electrons. The second-order valence-corrected chi connectivity index (χ2v) is 8.26. The quantitative estimate of drug-likeness (QED) is 0.247. The monoisotopic (exact) mass is 704 g/mol. The van der Waals surface area contributed by atoms with E-state index in [1.807, 2.05) is 22.6 Å². The molecular weight excluding hydrogens is 689 g/mol. The summed E-state index contributed by atoms with van der Waals surface area (Å²) in [6, 6.07) is -0.896. The van der Waals surface area contributed by atoms with E-state index in [9.17, 15) is 14.4 Å². The van der Waals surface area contributed by atoms with E-state index in [-0.39, 0.29) is 27.6 Å². The maximum Gasteiger partial charge on any atom is 0.344 e. The van der Waals surface area contributed by atoms with Crippen molar-refractivity contribution in [1.82, 2.24) is 5.32 Å². The van der Waals surface area contributed by atoms with Gasteiger partial charge < -0.3 is 31.1 Å². The topological polar surface area (TPSA) is 159 Å². The lowest BCUT2D eigenvalue weighted by atomic mass is 10.1. The van der Waals surface area contributed by atoms with Crippen LogP contribution in [0.2, 0.25) is 0 Å². The standard InChI is InChI=1S/C14H15I3N2O7/c1-4(14(24)25)26-11-9(16)6(12(18)22)8(15)7(10(11)17)13(23)19-5(2-20)3-21/h4-5,20-21H,2-3H2,1H3,(H2,18,22)(H,19,23)(H,24,25). The number of hydrogen-bond acceptors (Lipinski definition) is 6.